The third kappa shape index (κ3) is 12.8. The third-order valence-corrected chi connectivity index (χ3v) is 14.1. The summed E-state index contributed by atoms with van der Waals surface area (Å²) in [5.41, 5.74) is 0. The van der Waals surface area contributed by atoms with Crippen molar-refractivity contribution in [1.82, 2.24) is 0 Å². The van der Waals surface area contributed by atoms with Crippen LogP contribution < -0.4 is 0 Å². The maximum Gasteiger partial charge on any atom is 0.00428 e. The number of hydrogen-bond acceptors (Lipinski definition) is 8. The van der Waals surface area contributed by atoms with Gasteiger partial charge in [0, 0.05) is 5.75 Å². The van der Waals surface area contributed by atoms with Crippen LogP contribution in [0, 0.1) is 0 Å². The second-order valence-electron chi connectivity index (χ2n) is 1.24. The van der Waals surface area contributed by atoms with E-state index in [0.717, 1.165) is 0 Å². The molecular formula is C3H8S8. The first-order chi connectivity index (χ1) is 5.41. The second kappa shape index (κ2) is 12.8. The lowest BCUT2D eigenvalue weighted by molar-refractivity contribution is 1.11. The van der Waals surface area contributed by atoms with Crippen molar-refractivity contribution in [2.75, 3.05) is 5.75 Å². The number of rotatable bonds is 8. The predicted octanol–water partition coefficient (Wildman–Crippen LogP) is 5.86. The first-order valence-electron chi connectivity index (χ1n) is 2.68. The van der Waals surface area contributed by atoms with E-state index in [4.69, 9.17) is 0 Å². The normalized spacial score (nSPS) is 10.4. The summed E-state index contributed by atoms with van der Waals surface area (Å²) in [6.07, 6.45) is 1.26. The van der Waals surface area contributed by atoms with Gasteiger partial charge in [-0.05, 0) is 65.4 Å². The summed E-state index contributed by atoms with van der Waals surface area (Å²) in [6.45, 7) is 2.20. The van der Waals surface area contributed by atoms with Crippen molar-refractivity contribution in [3.8, 4) is 0 Å². The minimum Gasteiger partial charge on any atom is -0.0988 e. The zero-order chi connectivity index (χ0) is 8.36. The SMILES string of the molecule is CCCSSSSSSSS. The summed E-state index contributed by atoms with van der Waals surface area (Å²) < 4.78 is 0. The van der Waals surface area contributed by atoms with Crippen LogP contribution >= 0.6 is 81.4 Å². The standard InChI is InChI=1S/C3H8S8/c1-2-3-5-7-9-11-10-8-6-4/h4H,2-3H2,1H3. The van der Waals surface area contributed by atoms with E-state index in [-0.39, 0.29) is 0 Å². The van der Waals surface area contributed by atoms with E-state index >= 15 is 0 Å². The first-order valence-corrected chi connectivity index (χ1v) is 12.7. The van der Waals surface area contributed by atoms with Crippen LogP contribution in [0.5, 0.6) is 0 Å². The molecule has 0 atom stereocenters. The highest BCUT2D eigenvalue weighted by Crippen LogP contribution is 2.55. The molecule has 0 saturated heterocycles. The monoisotopic (exact) mass is 300 g/mol. The molecule has 0 heterocycles. The first kappa shape index (κ1) is 13.8. The van der Waals surface area contributed by atoms with Gasteiger partial charge in [-0.1, -0.05) is 29.4 Å². The molecule has 0 rings (SSSR count). The van der Waals surface area contributed by atoms with Crippen molar-refractivity contribution in [2.45, 2.75) is 13.3 Å². The van der Waals surface area contributed by atoms with E-state index in [1.807, 2.05) is 30.4 Å². The molecule has 0 aromatic heterocycles. The van der Waals surface area contributed by atoms with Crippen molar-refractivity contribution in [3.63, 3.8) is 0 Å². The van der Waals surface area contributed by atoms with E-state index in [9.17, 15) is 0 Å². The van der Waals surface area contributed by atoms with Crippen LogP contribution in [-0.2, 0) is 0 Å². The topological polar surface area (TPSA) is 0 Å². The lowest BCUT2D eigenvalue weighted by Crippen LogP contribution is -1.63. The Balaban J connectivity index is 2.69. The van der Waals surface area contributed by atoms with Gasteiger partial charge in [-0.15, -0.1) is 0 Å². The molecule has 0 amide bonds. The summed E-state index contributed by atoms with van der Waals surface area (Å²) in [4.78, 5) is 0. The minimum atomic E-state index is 1.25. The van der Waals surface area contributed by atoms with E-state index in [2.05, 4.69) is 18.6 Å². The Morgan fingerprint density at radius 1 is 1.00 bits per heavy atom. The molecule has 0 bridgehead atoms. The second-order valence-corrected chi connectivity index (χ2v) is 13.4. The Kier molecular flexibility index (Phi) is 16.1. The van der Waals surface area contributed by atoms with Gasteiger partial charge in [0.1, 0.15) is 0 Å². The van der Waals surface area contributed by atoms with Gasteiger partial charge in [-0.2, -0.15) is 0 Å². The van der Waals surface area contributed by atoms with Crippen LogP contribution in [0.15, 0.2) is 0 Å². The molecule has 0 saturated carbocycles. The molecule has 0 fully saturated rings. The van der Waals surface area contributed by atoms with Gasteiger partial charge in [-0.25, -0.2) is 0 Å². The van der Waals surface area contributed by atoms with Crippen molar-refractivity contribution in [3.05, 3.63) is 0 Å². The highest BCUT2D eigenvalue weighted by molar-refractivity contribution is 9.48. The molecule has 0 nitrogen and oxygen atoms in total. The van der Waals surface area contributed by atoms with Gasteiger partial charge in [0.2, 0.25) is 0 Å². The van der Waals surface area contributed by atoms with Crippen LogP contribution in [0.2, 0.25) is 0 Å². The molecule has 11 heavy (non-hydrogen) atoms. The van der Waals surface area contributed by atoms with Crippen molar-refractivity contribution >= 4 is 81.4 Å². The molecule has 0 N–H and O–H groups in total. The molecule has 0 aromatic carbocycles. The molecule has 0 aliphatic heterocycles. The van der Waals surface area contributed by atoms with E-state index < -0.39 is 0 Å². The maximum atomic E-state index is 4.00. The van der Waals surface area contributed by atoms with E-state index in [0.29, 0.717) is 0 Å². The highest BCUT2D eigenvalue weighted by Gasteiger charge is 1.92. The Morgan fingerprint density at radius 2 is 1.64 bits per heavy atom. The fourth-order valence-electron chi connectivity index (χ4n) is 0.183. The predicted molar refractivity (Wildman–Crippen MR) is 77.3 cm³/mol. The van der Waals surface area contributed by atoms with Crippen LogP contribution in [-0.4, -0.2) is 5.75 Å². The van der Waals surface area contributed by atoms with Crippen LogP contribution in [0.1, 0.15) is 13.3 Å². The zero-order valence-electron chi connectivity index (χ0n) is 5.72. The van der Waals surface area contributed by atoms with Gasteiger partial charge >= 0.3 is 0 Å². The Hall–Kier alpha value is 2.80. The molecule has 0 radical (unpaired) electrons. The van der Waals surface area contributed by atoms with Gasteiger partial charge < -0.3 is 0 Å². The van der Waals surface area contributed by atoms with Gasteiger partial charge in [0.25, 0.3) is 0 Å². The van der Waals surface area contributed by atoms with Gasteiger partial charge in [0.05, 0.1) is 0 Å². The average Bonchev–Trinajstić information content (AvgIpc) is 2.03. The van der Waals surface area contributed by atoms with Gasteiger partial charge in [0.15, 0.2) is 0 Å². The Labute approximate surface area is 99.3 Å². The van der Waals surface area contributed by atoms with Crippen molar-refractivity contribution in [1.29, 1.82) is 0 Å². The average molecular weight is 301 g/mol. The molecule has 0 spiro atoms. The molecule has 0 aliphatic rings. The molecule has 68 valence electrons. The number of hydrogen-bond donors (Lipinski definition) is 1. The van der Waals surface area contributed by atoms with Crippen LogP contribution in [0.3, 0.4) is 0 Å². The summed E-state index contributed by atoms with van der Waals surface area (Å²) in [5, 5.41) is 0. The molecular weight excluding hydrogens is 293 g/mol. The van der Waals surface area contributed by atoms with Gasteiger partial charge in [-0.3, -0.25) is 0 Å². The van der Waals surface area contributed by atoms with Crippen molar-refractivity contribution < 1.29 is 0 Å². The lowest BCUT2D eigenvalue weighted by Gasteiger charge is -1.95. The van der Waals surface area contributed by atoms with Crippen molar-refractivity contribution in [2.24, 2.45) is 0 Å². The van der Waals surface area contributed by atoms with Crippen LogP contribution in [0.4, 0.5) is 0 Å². The summed E-state index contributed by atoms with van der Waals surface area (Å²) in [5.74, 6) is 1.25. The zero-order valence-corrected chi connectivity index (χ0v) is 12.3. The lowest BCUT2D eigenvalue weighted by atomic mass is 10.6. The number of thiol groups is 1. The summed E-state index contributed by atoms with van der Waals surface area (Å²) in [7, 11) is 12.3. The summed E-state index contributed by atoms with van der Waals surface area (Å²) >= 11 is 4.00. The van der Waals surface area contributed by atoms with E-state index in [1.165, 1.54) is 22.0 Å². The fourth-order valence-corrected chi connectivity index (χ4v) is 14.5. The highest BCUT2D eigenvalue weighted by atomic mass is 34.0. The Bertz CT molecular complexity index is 58.4. The smallest absolute Gasteiger partial charge is 0.00428 e. The summed E-state index contributed by atoms with van der Waals surface area (Å²) in [6, 6.07) is 0. The fraction of sp³-hybridized carbons (Fsp3) is 1.00. The molecule has 0 unspecified atom stereocenters. The molecule has 0 aromatic rings. The minimum absolute atomic E-state index is 1.25. The maximum absolute atomic E-state index is 4.00. The third-order valence-electron chi connectivity index (χ3n) is 0.477. The molecule has 0 aliphatic carbocycles. The Morgan fingerprint density at radius 3 is 2.27 bits per heavy atom. The quantitative estimate of drug-likeness (QED) is 0.334. The van der Waals surface area contributed by atoms with Crippen LogP contribution in [0.25, 0.3) is 0 Å². The largest absolute Gasteiger partial charge is 0.0988 e. The molecule has 8 heteroatoms. The van der Waals surface area contributed by atoms with E-state index in [1.54, 1.807) is 29.5 Å².